The lowest BCUT2D eigenvalue weighted by Gasteiger charge is -2.21. The Morgan fingerprint density at radius 2 is 1.59 bits per heavy atom. The molecule has 29 heavy (non-hydrogen) atoms. The van der Waals surface area contributed by atoms with E-state index in [0.29, 0.717) is 11.3 Å². The summed E-state index contributed by atoms with van der Waals surface area (Å²) in [5.41, 5.74) is 3.55. The number of benzene rings is 3. The van der Waals surface area contributed by atoms with Crippen molar-refractivity contribution < 1.29 is 15.0 Å². The number of anilines is 2. The van der Waals surface area contributed by atoms with Crippen molar-refractivity contribution in [1.29, 1.82) is 0 Å². The Kier molecular flexibility index (Phi) is 4.75. The molecule has 0 aliphatic heterocycles. The fraction of sp³-hybridized carbons (Fsp3) is 0.0435. The van der Waals surface area contributed by atoms with Crippen molar-refractivity contribution in [3.8, 4) is 28.4 Å². The lowest BCUT2D eigenvalue weighted by atomic mass is 10.1. The second kappa shape index (κ2) is 7.52. The van der Waals surface area contributed by atoms with Crippen LogP contribution in [0.5, 0.6) is 11.5 Å². The maximum absolute atomic E-state index is 12.2. The van der Waals surface area contributed by atoms with Gasteiger partial charge >= 0.3 is 0 Å². The van der Waals surface area contributed by atoms with Crippen molar-refractivity contribution in [3.05, 3.63) is 85.1 Å². The van der Waals surface area contributed by atoms with Crippen molar-refractivity contribution in [2.75, 3.05) is 4.90 Å². The first-order valence-corrected chi connectivity index (χ1v) is 9.07. The van der Waals surface area contributed by atoms with Crippen LogP contribution in [0.15, 0.2) is 85.1 Å². The molecule has 0 spiro atoms. The van der Waals surface area contributed by atoms with Gasteiger partial charge in [0.25, 0.3) is 0 Å². The van der Waals surface area contributed by atoms with Gasteiger partial charge in [-0.15, -0.1) is 0 Å². The quantitative estimate of drug-likeness (QED) is 0.537. The molecule has 0 radical (unpaired) electrons. The van der Waals surface area contributed by atoms with Gasteiger partial charge in [0, 0.05) is 29.9 Å². The summed E-state index contributed by atoms with van der Waals surface area (Å²) < 4.78 is 1.69. The maximum Gasteiger partial charge on any atom is 0.228 e. The van der Waals surface area contributed by atoms with E-state index in [4.69, 9.17) is 0 Å². The third-order valence-corrected chi connectivity index (χ3v) is 4.58. The maximum atomic E-state index is 12.2. The van der Waals surface area contributed by atoms with E-state index in [1.165, 1.54) is 19.1 Å². The fourth-order valence-corrected chi connectivity index (χ4v) is 3.28. The number of aromatic nitrogens is 2. The molecule has 4 aromatic rings. The minimum absolute atomic E-state index is 0.00750. The Labute approximate surface area is 167 Å². The Bertz CT molecular complexity index is 1150. The Morgan fingerprint density at radius 3 is 2.24 bits per heavy atom. The molecule has 3 aromatic carbocycles. The molecule has 1 heterocycles. The first kappa shape index (κ1) is 18.3. The van der Waals surface area contributed by atoms with Crippen molar-refractivity contribution in [1.82, 2.24) is 9.78 Å². The average Bonchev–Trinajstić information content (AvgIpc) is 3.19. The Hall–Kier alpha value is -4.06. The molecule has 0 aliphatic carbocycles. The van der Waals surface area contributed by atoms with E-state index < -0.39 is 0 Å². The summed E-state index contributed by atoms with van der Waals surface area (Å²) in [6.45, 7) is 1.53. The van der Waals surface area contributed by atoms with Crippen LogP contribution in [0.1, 0.15) is 6.92 Å². The smallest absolute Gasteiger partial charge is 0.228 e. The number of para-hydroxylation sites is 1. The molecular weight excluding hydrogens is 366 g/mol. The van der Waals surface area contributed by atoms with Gasteiger partial charge in [0.1, 0.15) is 11.5 Å². The minimum Gasteiger partial charge on any atom is -0.508 e. The molecule has 0 atom stereocenters. The van der Waals surface area contributed by atoms with Crippen LogP contribution in [-0.2, 0) is 4.79 Å². The number of hydrogen-bond donors (Lipinski definition) is 2. The van der Waals surface area contributed by atoms with Gasteiger partial charge in [-0.05, 0) is 54.6 Å². The summed E-state index contributed by atoms with van der Waals surface area (Å²) in [5, 5.41) is 24.1. The molecule has 0 unspecified atom stereocenters. The summed E-state index contributed by atoms with van der Waals surface area (Å²) in [5.74, 6) is -0.125. The van der Waals surface area contributed by atoms with Gasteiger partial charge in [-0.1, -0.05) is 18.2 Å². The highest BCUT2D eigenvalue weighted by atomic mass is 16.3. The molecule has 144 valence electrons. The molecule has 1 aromatic heterocycles. The predicted octanol–water partition coefficient (Wildman–Crippen LogP) is 4.64. The number of nitrogens with zero attached hydrogens (tertiary/aromatic N) is 3. The Balaban J connectivity index is 1.71. The molecule has 2 N–H and O–H groups in total. The molecule has 0 fully saturated rings. The zero-order valence-corrected chi connectivity index (χ0v) is 15.7. The zero-order valence-electron chi connectivity index (χ0n) is 15.7. The average molecular weight is 385 g/mol. The number of carbonyl (C=O) groups excluding carboxylic acids is 1. The topological polar surface area (TPSA) is 78.6 Å². The molecule has 0 aliphatic rings. The highest BCUT2D eigenvalue weighted by molar-refractivity contribution is 5.99. The third kappa shape index (κ3) is 3.55. The second-order valence-electron chi connectivity index (χ2n) is 6.54. The van der Waals surface area contributed by atoms with Crippen LogP contribution in [0.25, 0.3) is 16.9 Å². The molecule has 1 amide bonds. The first-order chi connectivity index (χ1) is 14.0. The fourth-order valence-electron chi connectivity index (χ4n) is 3.28. The molecule has 6 nitrogen and oxygen atoms in total. The van der Waals surface area contributed by atoms with Crippen molar-refractivity contribution in [2.45, 2.75) is 6.92 Å². The first-order valence-electron chi connectivity index (χ1n) is 9.07. The summed E-state index contributed by atoms with van der Waals surface area (Å²) in [4.78, 5) is 13.9. The minimum atomic E-state index is -0.0854. The highest BCUT2D eigenvalue weighted by Gasteiger charge is 2.15. The summed E-state index contributed by atoms with van der Waals surface area (Å²) in [7, 11) is 0. The molecule has 6 heteroatoms. The van der Waals surface area contributed by atoms with Crippen LogP contribution in [0, 0.1) is 0 Å². The lowest BCUT2D eigenvalue weighted by Crippen LogP contribution is -2.22. The largest absolute Gasteiger partial charge is 0.508 e. The number of aromatic hydroxyl groups is 2. The number of hydrogen-bond acceptors (Lipinski definition) is 4. The number of carbonyl (C=O) groups is 1. The Morgan fingerprint density at radius 1 is 0.897 bits per heavy atom. The molecule has 0 saturated carbocycles. The predicted molar refractivity (Wildman–Crippen MR) is 112 cm³/mol. The number of phenols is 2. The molecule has 0 saturated heterocycles. The molecule has 4 rings (SSSR count). The SMILES string of the molecule is CC(=O)N(c1ccccc1)c1ccc(-n2nccc2-c2ccc(O)cc2O)cc1. The summed E-state index contributed by atoms with van der Waals surface area (Å²) in [6.07, 6.45) is 1.64. The highest BCUT2D eigenvalue weighted by Crippen LogP contribution is 2.33. The normalized spacial score (nSPS) is 10.7. The van der Waals surface area contributed by atoms with E-state index in [1.807, 2.05) is 54.6 Å². The molecule has 0 bridgehead atoms. The van der Waals surface area contributed by atoms with E-state index in [2.05, 4.69) is 5.10 Å². The van der Waals surface area contributed by atoms with Gasteiger partial charge in [0.2, 0.25) is 5.91 Å². The summed E-state index contributed by atoms with van der Waals surface area (Å²) in [6, 6.07) is 23.1. The van der Waals surface area contributed by atoms with E-state index in [1.54, 1.807) is 27.9 Å². The standard InChI is InChI=1S/C23H19N3O3/c1-16(27)25(17-5-3-2-4-6-17)18-7-9-19(10-8-18)26-22(13-14-24-26)21-12-11-20(28)15-23(21)29/h2-15,28-29H,1H3. The van der Waals surface area contributed by atoms with E-state index in [0.717, 1.165) is 17.1 Å². The summed E-state index contributed by atoms with van der Waals surface area (Å²) >= 11 is 0. The zero-order chi connectivity index (χ0) is 20.4. The lowest BCUT2D eigenvalue weighted by molar-refractivity contribution is -0.115. The van der Waals surface area contributed by atoms with Gasteiger partial charge in [0.05, 0.1) is 17.6 Å². The van der Waals surface area contributed by atoms with Gasteiger partial charge in [-0.25, -0.2) is 4.68 Å². The van der Waals surface area contributed by atoms with Gasteiger partial charge in [0.15, 0.2) is 0 Å². The van der Waals surface area contributed by atoms with Gasteiger partial charge in [-0.3, -0.25) is 9.69 Å². The van der Waals surface area contributed by atoms with Gasteiger partial charge in [-0.2, -0.15) is 5.10 Å². The van der Waals surface area contributed by atoms with Crippen LogP contribution in [-0.4, -0.2) is 25.9 Å². The van der Waals surface area contributed by atoms with Crippen molar-refractivity contribution in [3.63, 3.8) is 0 Å². The van der Waals surface area contributed by atoms with Crippen LogP contribution < -0.4 is 4.90 Å². The van der Waals surface area contributed by atoms with E-state index in [-0.39, 0.29) is 17.4 Å². The van der Waals surface area contributed by atoms with E-state index in [9.17, 15) is 15.0 Å². The third-order valence-electron chi connectivity index (χ3n) is 4.58. The second-order valence-corrected chi connectivity index (χ2v) is 6.54. The van der Waals surface area contributed by atoms with Crippen molar-refractivity contribution in [2.24, 2.45) is 0 Å². The van der Waals surface area contributed by atoms with Crippen molar-refractivity contribution >= 4 is 17.3 Å². The van der Waals surface area contributed by atoms with Crippen LogP contribution in [0.3, 0.4) is 0 Å². The molecular formula is C23H19N3O3. The number of rotatable bonds is 4. The van der Waals surface area contributed by atoms with E-state index >= 15 is 0 Å². The van der Waals surface area contributed by atoms with Crippen LogP contribution in [0.4, 0.5) is 11.4 Å². The number of phenolic OH excluding ortho intramolecular Hbond substituents is 2. The monoisotopic (exact) mass is 385 g/mol. The van der Waals surface area contributed by atoms with Gasteiger partial charge < -0.3 is 10.2 Å². The van der Waals surface area contributed by atoms with Crippen LogP contribution >= 0.6 is 0 Å². The van der Waals surface area contributed by atoms with Crippen LogP contribution in [0.2, 0.25) is 0 Å². The number of amides is 1.